The van der Waals surface area contributed by atoms with E-state index < -0.39 is 0 Å². The van der Waals surface area contributed by atoms with Crippen LogP contribution in [-0.4, -0.2) is 14.2 Å². The summed E-state index contributed by atoms with van der Waals surface area (Å²) in [7, 11) is 3.22. The summed E-state index contributed by atoms with van der Waals surface area (Å²) >= 11 is 6.06. The van der Waals surface area contributed by atoms with Crippen LogP contribution in [0.2, 0.25) is 5.02 Å². The number of hydrogen-bond acceptors (Lipinski definition) is 3. The first-order valence-electron chi connectivity index (χ1n) is 4.82. The average Bonchev–Trinajstić information content (AvgIpc) is 2.97. The van der Waals surface area contributed by atoms with E-state index in [4.69, 9.17) is 26.8 Å². The van der Waals surface area contributed by atoms with Gasteiger partial charge >= 0.3 is 0 Å². The second kappa shape index (κ2) is 3.58. The van der Waals surface area contributed by atoms with Crippen LogP contribution >= 0.6 is 11.6 Å². The molecule has 1 aliphatic rings. The highest BCUT2D eigenvalue weighted by Crippen LogP contribution is 2.52. The summed E-state index contributed by atoms with van der Waals surface area (Å²) < 4.78 is 10.6. The van der Waals surface area contributed by atoms with Crippen molar-refractivity contribution in [3.8, 4) is 11.5 Å². The first-order chi connectivity index (χ1) is 7.12. The van der Waals surface area contributed by atoms with Crippen molar-refractivity contribution in [2.24, 2.45) is 5.73 Å². The maximum Gasteiger partial charge on any atom is 0.146 e. The van der Waals surface area contributed by atoms with Gasteiger partial charge in [0.2, 0.25) is 0 Å². The molecule has 0 heterocycles. The molecule has 0 saturated heterocycles. The van der Waals surface area contributed by atoms with Crippen LogP contribution in [0.5, 0.6) is 11.5 Å². The Bertz CT molecular complexity index is 388. The molecule has 1 aliphatic carbocycles. The second-order valence-corrected chi connectivity index (χ2v) is 4.22. The van der Waals surface area contributed by atoms with E-state index in [1.165, 1.54) is 0 Å². The number of nitrogens with two attached hydrogens (primary N) is 1. The standard InChI is InChI=1S/C11H14ClNO2/c1-14-8-4-3-7(12)10(15-2)9(8)11(13)5-6-11/h3-4H,5-6,13H2,1-2H3. The number of methoxy groups -OCH3 is 2. The lowest BCUT2D eigenvalue weighted by molar-refractivity contribution is 0.377. The van der Waals surface area contributed by atoms with Gasteiger partial charge in [0.1, 0.15) is 11.5 Å². The Labute approximate surface area is 94.1 Å². The van der Waals surface area contributed by atoms with E-state index in [-0.39, 0.29) is 5.54 Å². The largest absolute Gasteiger partial charge is 0.496 e. The molecular formula is C11H14ClNO2. The predicted molar refractivity (Wildman–Crippen MR) is 59.7 cm³/mol. The van der Waals surface area contributed by atoms with Crippen molar-refractivity contribution in [2.45, 2.75) is 18.4 Å². The van der Waals surface area contributed by atoms with Crippen molar-refractivity contribution in [2.75, 3.05) is 14.2 Å². The molecule has 0 amide bonds. The molecule has 3 nitrogen and oxygen atoms in total. The van der Waals surface area contributed by atoms with Gasteiger partial charge in [-0.2, -0.15) is 0 Å². The minimum atomic E-state index is -0.318. The van der Waals surface area contributed by atoms with Crippen molar-refractivity contribution in [1.82, 2.24) is 0 Å². The number of hydrogen-bond donors (Lipinski definition) is 1. The third kappa shape index (κ3) is 1.66. The number of halogens is 1. The van der Waals surface area contributed by atoms with Crippen molar-refractivity contribution in [1.29, 1.82) is 0 Å². The topological polar surface area (TPSA) is 44.5 Å². The van der Waals surface area contributed by atoms with Gasteiger partial charge in [0, 0.05) is 5.54 Å². The normalized spacial score (nSPS) is 17.3. The van der Waals surface area contributed by atoms with Crippen molar-refractivity contribution >= 4 is 11.6 Å². The zero-order chi connectivity index (χ0) is 11.1. The summed E-state index contributed by atoms with van der Waals surface area (Å²) in [4.78, 5) is 0. The van der Waals surface area contributed by atoms with Crippen LogP contribution in [0.3, 0.4) is 0 Å². The molecule has 1 aromatic carbocycles. The summed E-state index contributed by atoms with van der Waals surface area (Å²) in [6.45, 7) is 0. The minimum Gasteiger partial charge on any atom is -0.496 e. The van der Waals surface area contributed by atoms with Gasteiger partial charge in [-0.05, 0) is 25.0 Å². The van der Waals surface area contributed by atoms with Crippen LogP contribution in [0.25, 0.3) is 0 Å². The Morgan fingerprint density at radius 1 is 1.27 bits per heavy atom. The number of benzene rings is 1. The molecule has 15 heavy (non-hydrogen) atoms. The molecule has 2 N–H and O–H groups in total. The van der Waals surface area contributed by atoms with Crippen LogP contribution in [0.15, 0.2) is 12.1 Å². The highest BCUT2D eigenvalue weighted by atomic mass is 35.5. The van der Waals surface area contributed by atoms with Gasteiger partial charge < -0.3 is 15.2 Å². The Morgan fingerprint density at radius 2 is 1.93 bits per heavy atom. The van der Waals surface area contributed by atoms with E-state index in [2.05, 4.69) is 0 Å². The van der Waals surface area contributed by atoms with Crippen molar-refractivity contribution in [3.63, 3.8) is 0 Å². The summed E-state index contributed by atoms with van der Waals surface area (Å²) in [5.74, 6) is 1.38. The quantitative estimate of drug-likeness (QED) is 0.862. The van der Waals surface area contributed by atoms with Crippen LogP contribution in [0.1, 0.15) is 18.4 Å². The molecule has 4 heteroatoms. The maximum absolute atomic E-state index is 6.17. The molecule has 1 fully saturated rings. The van der Waals surface area contributed by atoms with Gasteiger partial charge in [0.05, 0.1) is 24.8 Å². The first kappa shape index (κ1) is 10.6. The molecular weight excluding hydrogens is 214 g/mol. The lowest BCUT2D eigenvalue weighted by Crippen LogP contribution is -2.20. The zero-order valence-electron chi connectivity index (χ0n) is 8.84. The molecule has 1 aromatic rings. The molecule has 2 rings (SSSR count). The Hall–Kier alpha value is -0.930. The van der Waals surface area contributed by atoms with Crippen LogP contribution < -0.4 is 15.2 Å². The third-order valence-electron chi connectivity index (χ3n) is 2.78. The number of ether oxygens (including phenoxy) is 2. The minimum absolute atomic E-state index is 0.318. The van der Waals surface area contributed by atoms with Crippen LogP contribution in [-0.2, 0) is 5.54 Å². The van der Waals surface area contributed by atoms with Gasteiger partial charge in [-0.3, -0.25) is 0 Å². The fourth-order valence-electron chi connectivity index (χ4n) is 1.76. The van der Waals surface area contributed by atoms with Gasteiger partial charge in [0.25, 0.3) is 0 Å². The summed E-state index contributed by atoms with van der Waals surface area (Å²) in [6, 6.07) is 3.58. The third-order valence-corrected chi connectivity index (χ3v) is 3.08. The molecule has 0 bridgehead atoms. The van der Waals surface area contributed by atoms with Crippen molar-refractivity contribution in [3.05, 3.63) is 22.7 Å². The molecule has 0 aliphatic heterocycles. The highest BCUT2D eigenvalue weighted by Gasteiger charge is 2.45. The van der Waals surface area contributed by atoms with Crippen LogP contribution in [0.4, 0.5) is 0 Å². The Morgan fingerprint density at radius 3 is 2.40 bits per heavy atom. The molecule has 0 radical (unpaired) electrons. The van der Waals surface area contributed by atoms with Crippen LogP contribution in [0, 0.1) is 0 Å². The van der Waals surface area contributed by atoms with Gasteiger partial charge in [-0.1, -0.05) is 11.6 Å². The van der Waals surface area contributed by atoms with E-state index in [9.17, 15) is 0 Å². The molecule has 0 unspecified atom stereocenters. The fraction of sp³-hybridized carbons (Fsp3) is 0.455. The summed E-state index contributed by atoms with van der Waals surface area (Å²) in [6.07, 6.45) is 1.89. The van der Waals surface area contributed by atoms with E-state index >= 15 is 0 Å². The van der Waals surface area contributed by atoms with Gasteiger partial charge in [-0.15, -0.1) is 0 Å². The molecule has 82 valence electrons. The van der Waals surface area contributed by atoms with Gasteiger partial charge in [-0.25, -0.2) is 0 Å². The molecule has 0 spiro atoms. The van der Waals surface area contributed by atoms with E-state index in [1.54, 1.807) is 20.3 Å². The fourth-order valence-corrected chi connectivity index (χ4v) is 2.00. The van der Waals surface area contributed by atoms with E-state index in [0.717, 1.165) is 24.2 Å². The highest BCUT2D eigenvalue weighted by molar-refractivity contribution is 6.32. The monoisotopic (exact) mass is 227 g/mol. The molecule has 0 atom stereocenters. The Kier molecular flexibility index (Phi) is 2.52. The lowest BCUT2D eigenvalue weighted by atomic mass is 10.0. The summed E-state index contributed by atoms with van der Waals surface area (Å²) in [5.41, 5.74) is 6.74. The predicted octanol–water partition coefficient (Wildman–Crippen LogP) is 2.31. The number of rotatable bonds is 3. The summed E-state index contributed by atoms with van der Waals surface area (Å²) in [5, 5.41) is 0.574. The van der Waals surface area contributed by atoms with Gasteiger partial charge in [0.15, 0.2) is 0 Å². The zero-order valence-corrected chi connectivity index (χ0v) is 9.60. The average molecular weight is 228 g/mol. The maximum atomic E-state index is 6.17. The first-order valence-corrected chi connectivity index (χ1v) is 5.20. The molecule has 1 saturated carbocycles. The van der Waals surface area contributed by atoms with Crippen molar-refractivity contribution < 1.29 is 9.47 Å². The smallest absolute Gasteiger partial charge is 0.146 e. The SMILES string of the molecule is COc1ccc(Cl)c(OC)c1C1(N)CC1. The Balaban J connectivity index is 2.60. The molecule has 0 aromatic heterocycles. The van der Waals surface area contributed by atoms with E-state index in [1.807, 2.05) is 6.07 Å². The van der Waals surface area contributed by atoms with E-state index in [0.29, 0.717) is 10.8 Å². The second-order valence-electron chi connectivity index (χ2n) is 3.81. The lowest BCUT2D eigenvalue weighted by Gasteiger charge is -2.18.